The normalized spacial score (nSPS) is 11.2. The van der Waals surface area contributed by atoms with E-state index < -0.39 is 15.0 Å². The van der Waals surface area contributed by atoms with Crippen LogP contribution in [0.2, 0.25) is 0 Å². The van der Waals surface area contributed by atoms with Crippen molar-refractivity contribution >= 4 is 0 Å². The van der Waals surface area contributed by atoms with Gasteiger partial charge in [-0.3, -0.25) is 0 Å². The monoisotopic (exact) mass is 108 g/mol. The van der Waals surface area contributed by atoms with Crippen LogP contribution in [0.1, 0.15) is 0 Å². The van der Waals surface area contributed by atoms with Gasteiger partial charge < -0.3 is 0 Å². The van der Waals surface area contributed by atoms with Gasteiger partial charge in [-0.15, -0.1) is 0 Å². The molecule has 0 amide bonds. The molecule has 0 aromatic rings. The van der Waals surface area contributed by atoms with Gasteiger partial charge in [0.1, 0.15) is 0 Å². The van der Waals surface area contributed by atoms with Crippen LogP contribution in [0.4, 0.5) is 3.55 Å². The molecule has 0 aliphatic rings. The van der Waals surface area contributed by atoms with Crippen LogP contribution >= 0.6 is 0 Å². The van der Waals surface area contributed by atoms with Crippen molar-refractivity contribution in [3.8, 4) is 0 Å². The van der Waals surface area contributed by atoms with E-state index in [1.807, 2.05) is 0 Å². The van der Waals surface area contributed by atoms with Gasteiger partial charge in [0.25, 0.3) is 0 Å². The summed E-state index contributed by atoms with van der Waals surface area (Å²) in [7, 11) is 0. The van der Waals surface area contributed by atoms with Crippen LogP contribution in [0.25, 0.3) is 0 Å². The standard InChI is InChI=1S/FH.Mn.2H2O/h1H;;2*1H2/q;+3;;/p-3. The van der Waals surface area contributed by atoms with Gasteiger partial charge in [-0.1, -0.05) is 0 Å². The maximum atomic E-state index is 10.2. The summed E-state index contributed by atoms with van der Waals surface area (Å²) in [6, 6.07) is 0. The van der Waals surface area contributed by atoms with E-state index in [4.69, 9.17) is 8.38 Å². The molecule has 0 saturated carbocycles. The van der Waals surface area contributed by atoms with Gasteiger partial charge in [-0.25, -0.2) is 0 Å². The van der Waals surface area contributed by atoms with E-state index in [1.54, 1.807) is 0 Å². The summed E-state index contributed by atoms with van der Waals surface area (Å²) in [5.74, 6) is 0. The number of hydrogen-bond acceptors (Lipinski definition) is 2. The van der Waals surface area contributed by atoms with Gasteiger partial charge in [0.15, 0.2) is 0 Å². The Morgan fingerprint density at radius 2 is 1.50 bits per heavy atom. The third kappa shape index (κ3) is 32.6. The van der Waals surface area contributed by atoms with Crippen LogP contribution < -0.4 is 0 Å². The molecule has 0 saturated heterocycles. The summed E-state index contributed by atoms with van der Waals surface area (Å²) in [5.41, 5.74) is 0. The van der Waals surface area contributed by atoms with Crippen molar-refractivity contribution in [2.75, 3.05) is 0 Å². The van der Waals surface area contributed by atoms with Crippen molar-refractivity contribution in [2.24, 2.45) is 0 Å². The van der Waals surface area contributed by atoms with E-state index in [-0.39, 0.29) is 0 Å². The minimum absolute atomic E-state index is 3.40. The molecule has 0 radical (unpaired) electrons. The maximum absolute atomic E-state index is 10.2. The fraction of sp³-hybridized carbons (Fsp3) is 0. The average Bonchev–Trinajstić information content (AvgIpc) is 0.811. The molecule has 4 heteroatoms. The Bertz CT molecular complexity index is 10.8. The summed E-state index contributed by atoms with van der Waals surface area (Å²) in [6.07, 6.45) is 0. The van der Waals surface area contributed by atoms with Crippen LogP contribution in [0, 0.1) is 0 Å². The zero-order chi connectivity index (χ0) is 3.58. The first kappa shape index (κ1) is 4.37. The Morgan fingerprint density at radius 1 is 1.50 bits per heavy atom. The second-order valence-corrected chi connectivity index (χ2v) is 0.839. The van der Waals surface area contributed by atoms with Crippen LogP contribution in [-0.2, 0) is 15.0 Å². The predicted octanol–water partition coefficient (Wildman–Crippen LogP) is -0.696. The molecule has 0 spiro atoms. The van der Waals surface area contributed by atoms with Crippen LogP contribution in [0.15, 0.2) is 0 Å². The first-order chi connectivity index (χ1) is 1.73. The molecule has 0 heterocycles. The number of halogens is 1. The minimum atomic E-state index is -3.40. The molecule has 4 heavy (non-hydrogen) atoms. The van der Waals surface area contributed by atoms with Crippen LogP contribution in [0.5, 0.6) is 0 Å². The summed E-state index contributed by atoms with van der Waals surface area (Å²) in [6.45, 7) is 0. The molecule has 0 unspecified atom stereocenters. The molecule has 0 aromatic heterocycles. The van der Waals surface area contributed by atoms with Crippen molar-refractivity contribution in [2.45, 2.75) is 0 Å². The van der Waals surface area contributed by atoms with Gasteiger partial charge in [0.2, 0.25) is 0 Å². The van der Waals surface area contributed by atoms with E-state index in [2.05, 4.69) is 0 Å². The second-order valence-electron chi connectivity index (χ2n) is 0.203. The van der Waals surface area contributed by atoms with Crippen LogP contribution in [0.3, 0.4) is 0 Å². The van der Waals surface area contributed by atoms with E-state index in [0.717, 1.165) is 0 Å². The van der Waals surface area contributed by atoms with Crippen molar-refractivity contribution in [3.63, 3.8) is 0 Å². The molecule has 28 valence electrons. The summed E-state index contributed by atoms with van der Waals surface area (Å²) in [5, 5.41) is 0. The molecule has 2 nitrogen and oxygen atoms in total. The Labute approximate surface area is 27.9 Å². The van der Waals surface area contributed by atoms with E-state index in [0.29, 0.717) is 0 Å². The van der Waals surface area contributed by atoms with Crippen molar-refractivity contribution in [3.05, 3.63) is 0 Å². The fourth-order valence-electron chi connectivity index (χ4n) is 0. The summed E-state index contributed by atoms with van der Waals surface area (Å²) < 4.78 is 24.3. The van der Waals surface area contributed by atoms with Gasteiger partial charge >= 0.3 is 26.9 Å². The van der Waals surface area contributed by atoms with Gasteiger partial charge in [0, 0.05) is 0 Å². The predicted molar refractivity (Wildman–Crippen MR) is 5.55 cm³/mol. The molecule has 0 bridgehead atoms. The second kappa shape index (κ2) is 1.67. The Balaban J connectivity index is 2.32. The molecular weight excluding hydrogens is 106 g/mol. The zero-order valence-electron chi connectivity index (χ0n) is 1.65. The quantitative estimate of drug-likeness (QED) is 0.403. The summed E-state index contributed by atoms with van der Waals surface area (Å²) >= 11 is -3.40. The average molecular weight is 108 g/mol. The van der Waals surface area contributed by atoms with Crippen molar-refractivity contribution in [1.29, 1.82) is 0 Å². The Hall–Kier alpha value is 0.369. The fourth-order valence-corrected chi connectivity index (χ4v) is 0. The molecule has 0 rings (SSSR count). The molecule has 0 aromatic carbocycles. The first-order valence-electron chi connectivity index (χ1n) is 0.481. The topological polar surface area (TPSA) is 40.5 Å². The summed E-state index contributed by atoms with van der Waals surface area (Å²) in [4.78, 5) is 0. The Morgan fingerprint density at radius 3 is 1.50 bits per heavy atom. The Kier molecular flexibility index (Phi) is 1.82. The molecular formula is H2FMnO2. The first-order valence-corrected chi connectivity index (χ1v) is 1.98. The van der Waals surface area contributed by atoms with E-state index >= 15 is 0 Å². The van der Waals surface area contributed by atoms with Gasteiger partial charge in [-0.2, -0.15) is 0 Å². The van der Waals surface area contributed by atoms with Gasteiger partial charge in [0.05, 0.1) is 0 Å². The SMILES string of the molecule is [OH][Mn]([OH])[F]. The molecule has 0 atom stereocenters. The number of rotatable bonds is 0. The third-order valence-corrected chi connectivity index (χ3v) is 0. The van der Waals surface area contributed by atoms with E-state index in [9.17, 15) is 3.55 Å². The molecule has 0 aliphatic carbocycles. The molecule has 2 N–H and O–H groups in total. The zero-order valence-corrected chi connectivity index (χ0v) is 2.83. The number of hydrogen-bond donors (Lipinski definition) is 2. The molecule has 0 aliphatic heterocycles. The van der Waals surface area contributed by atoms with Crippen molar-refractivity contribution < 1.29 is 26.9 Å². The third-order valence-electron chi connectivity index (χ3n) is 0. The molecule has 0 fully saturated rings. The van der Waals surface area contributed by atoms with Crippen molar-refractivity contribution in [1.82, 2.24) is 0 Å². The van der Waals surface area contributed by atoms with Gasteiger partial charge in [-0.05, 0) is 0 Å². The van der Waals surface area contributed by atoms with Crippen LogP contribution in [-0.4, -0.2) is 8.38 Å². The van der Waals surface area contributed by atoms with E-state index in [1.165, 1.54) is 0 Å².